The van der Waals surface area contributed by atoms with Crippen LogP contribution in [0, 0.1) is 0 Å². The van der Waals surface area contributed by atoms with E-state index in [1.54, 1.807) is 0 Å². The summed E-state index contributed by atoms with van der Waals surface area (Å²) in [4.78, 5) is 0. The van der Waals surface area contributed by atoms with Crippen LogP contribution < -0.4 is 5.73 Å². The van der Waals surface area contributed by atoms with Crippen LogP contribution in [-0.2, 0) is 11.2 Å². The van der Waals surface area contributed by atoms with E-state index in [2.05, 4.69) is 45.0 Å². The molecule has 2 rings (SSSR count). The van der Waals surface area contributed by atoms with Gasteiger partial charge in [-0.05, 0) is 49.7 Å². The molecule has 19 heavy (non-hydrogen) atoms. The van der Waals surface area contributed by atoms with E-state index in [4.69, 9.17) is 10.5 Å². The number of hydrogen-bond acceptors (Lipinski definition) is 2. The van der Waals surface area contributed by atoms with Crippen LogP contribution in [0.1, 0.15) is 57.1 Å². The van der Waals surface area contributed by atoms with Crippen molar-refractivity contribution >= 4 is 0 Å². The van der Waals surface area contributed by atoms with Crippen molar-refractivity contribution in [2.24, 2.45) is 5.73 Å². The molecule has 106 valence electrons. The molecule has 0 fully saturated rings. The third-order valence-corrected chi connectivity index (χ3v) is 4.80. The Morgan fingerprint density at radius 1 is 1.26 bits per heavy atom. The van der Waals surface area contributed by atoms with Gasteiger partial charge in [0.15, 0.2) is 0 Å². The minimum Gasteiger partial charge on any atom is -0.374 e. The first-order valence-electron chi connectivity index (χ1n) is 7.64. The highest BCUT2D eigenvalue weighted by molar-refractivity contribution is 5.40. The second-order valence-electron chi connectivity index (χ2n) is 5.65. The third-order valence-electron chi connectivity index (χ3n) is 4.80. The normalized spacial score (nSPS) is 19.7. The van der Waals surface area contributed by atoms with Gasteiger partial charge in [-0.3, -0.25) is 0 Å². The SMILES string of the molecule is CCOC(CC)(CC)C(N)CC1Cc2ccccc21. The van der Waals surface area contributed by atoms with Crippen molar-refractivity contribution < 1.29 is 4.74 Å². The largest absolute Gasteiger partial charge is 0.374 e. The van der Waals surface area contributed by atoms with Crippen molar-refractivity contribution in [2.45, 2.75) is 64.0 Å². The van der Waals surface area contributed by atoms with Gasteiger partial charge in [-0.1, -0.05) is 38.1 Å². The maximum absolute atomic E-state index is 6.50. The van der Waals surface area contributed by atoms with Gasteiger partial charge in [0.05, 0.1) is 5.60 Å². The Balaban J connectivity index is 2.03. The van der Waals surface area contributed by atoms with E-state index >= 15 is 0 Å². The van der Waals surface area contributed by atoms with Crippen LogP contribution in [0.5, 0.6) is 0 Å². The van der Waals surface area contributed by atoms with Crippen molar-refractivity contribution in [2.75, 3.05) is 6.61 Å². The van der Waals surface area contributed by atoms with Gasteiger partial charge in [-0.2, -0.15) is 0 Å². The van der Waals surface area contributed by atoms with Gasteiger partial charge in [0, 0.05) is 12.6 Å². The average Bonchev–Trinajstić information content (AvgIpc) is 2.42. The molecule has 2 nitrogen and oxygen atoms in total. The molecular weight excluding hydrogens is 234 g/mol. The summed E-state index contributed by atoms with van der Waals surface area (Å²) in [5, 5.41) is 0. The van der Waals surface area contributed by atoms with Crippen LogP contribution in [-0.4, -0.2) is 18.2 Å². The Bertz CT molecular complexity index is 411. The molecule has 0 aliphatic heterocycles. The second kappa shape index (κ2) is 6.06. The van der Waals surface area contributed by atoms with Crippen molar-refractivity contribution in [1.82, 2.24) is 0 Å². The molecule has 0 saturated carbocycles. The fraction of sp³-hybridized carbons (Fsp3) is 0.647. The molecule has 2 unspecified atom stereocenters. The van der Waals surface area contributed by atoms with E-state index in [1.165, 1.54) is 17.5 Å². The van der Waals surface area contributed by atoms with Crippen LogP contribution >= 0.6 is 0 Å². The van der Waals surface area contributed by atoms with Gasteiger partial charge in [-0.15, -0.1) is 0 Å². The van der Waals surface area contributed by atoms with E-state index in [9.17, 15) is 0 Å². The first-order valence-corrected chi connectivity index (χ1v) is 7.64. The molecule has 0 spiro atoms. The lowest BCUT2D eigenvalue weighted by molar-refractivity contribution is -0.0666. The van der Waals surface area contributed by atoms with Gasteiger partial charge in [-0.25, -0.2) is 0 Å². The smallest absolute Gasteiger partial charge is 0.0827 e. The Morgan fingerprint density at radius 2 is 1.95 bits per heavy atom. The number of nitrogens with two attached hydrogens (primary N) is 1. The van der Waals surface area contributed by atoms with E-state index in [-0.39, 0.29) is 11.6 Å². The Hall–Kier alpha value is -0.860. The maximum atomic E-state index is 6.50. The highest BCUT2D eigenvalue weighted by Crippen LogP contribution is 2.40. The first-order chi connectivity index (χ1) is 9.16. The summed E-state index contributed by atoms with van der Waals surface area (Å²) in [6.07, 6.45) is 4.21. The molecule has 0 bridgehead atoms. The molecule has 1 aromatic carbocycles. The topological polar surface area (TPSA) is 35.2 Å². The second-order valence-corrected chi connectivity index (χ2v) is 5.65. The van der Waals surface area contributed by atoms with Crippen molar-refractivity contribution in [3.63, 3.8) is 0 Å². The van der Waals surface area contributed by atoms with E-state index in [1.807, 2.05) is 0 Å². The van der Waals surface area contributed by atoms with Gasteiger partial charge < -0.3 is 10.5 Å². The average molecular weight is 261 g/mol. The van der Waals surface area contributed by atoms with Crippen LogP contribution in [0.25, 0.3) is 0 Å². The quantitative estimate of drug-likeness (QED) is 0.813. The van der Waals surface area contributed by atoms with Crippen LogP contribution in [0.15, 0.2) is 24.3 Å². The number of rotatable bonds is 7. The summed E-state index contributed by atoms with van der Waals surface area (Å²) >= 11 is 0. The molecule has 1 aliphatic carbocycles. The molecule has 0 saturated heterocycles. The standard InChI is InChI=1S/C17H27NO/c1-4-17(5-2,19-6-3)16(18)12-14-11-13-9-7-8-10-15(13)14/h7-10,14,16H,4-6,11-12,18H2,1-3H3. The summed E-state index contributed by atoms with van der Waals surface area (Å²) in [7, 11) is 0. The van der Waals surface area contributed by atoms with E-state index in [0.29, 0.717) is 5.92 Å². The van der Waals surface area contributed by atoms with E-state index in [0.717, 1.165) is 25.9 Å². The molecule has 2 atom stereocenters. The van der Waals surface area contributed by atoms with Gasteiger partial charge in [0.1, 0.15) is 0 Å². The zero-order valence-electron chi connectivity index (χ0n) is 12.5. The van der Waals surface area contributed by atoms with Crippen molar-refractivity contribution in [3.8, 4) is 0 Å². The molecule has 0 heterocycles. The number of ether oxygens (including phenoxy) is 1. The zero-order chi connectivity index (χ0) is 13.9. The molecule has 2 heteroatoms. The fourth-order valence-electron chi connectivity index (χ4n) is 3.47. The molecular formula is C17H27NO. The highest BCUT2D eigenvalue weighted by Gasteiger charge is 2.37. The number of benzene rings is 1. The molecule has 0 aromatic heterocycles. The third kappa shape index (κ3) is 2.70. The Labute approximate surface area is 117 Å². The summed E-state index contributed by atoms with van der Waals surface area (Å²) < 4.78 is 6.02. The lowest BCUT2D eigenvalue weighted by Crippen LogP contribution is -2.50. The lowest BCUT2D eigenvalue weighted by atomic mass is 9.71. The summed E-state index contributed by atoms with van der Waals surface area (Å²) in [6, 6.07) is 8.85. The first kappa shape index (κ1) is 14.5. The molecule has 0 radical (unpaired) electrons. The van der Waals surface area contributed by atoms with Crippen molar-refractivity contribution in [3.05, 3.63) is 35.4 Å². The monoisotopic (exact) mass is 261 g/mol. The van der Waals surface area contributed by atoms with Crippen molar-refractivity contribution in [1.29, 1.82) is 0 Å². The number of fused-ring (bicyclic) bond motifs is 1. The fourth-order valence-corrected chi connectivity index (χ4v) is 3.47. The van der Waals surface area contributed by atoms with Gasteiger partial charge in [0.2, 0.25) is 0 Å². The molecule has 1 aromatic rings. The van der Waals surface area contributed by atoms with Crippen LogP contribution in [0.4, 0.5) is 0 Å². The predicted molar refractivity (Wildman–Crippen MR) is 80.4 cm³/mol. The minimum absolute atomic E-state index is 0.126. The van der Waals surface area contributed by atoms with Crippen LogP contribution in [0.3, 0.4) is 0 Å². The summed E-state index contributed by atoms with van der Waals surface area (Å²) in [5.74, 6) is 0.629. The highest BCUT2D eigenvalue weighted by atomic mass is 16.5. The van der Waals surface area contributed by atoms with E-state index < -0.39 is 0 Å². The molecule has 0 amide bonds. The zero-order valence-corrected chi connectivity index (χ0v) is 12.5. The predicted octanol–water partition coefficient (Wildman–Crippen LogP) is 3.64. The minimum atomic E-state index is -0.140. The Morgan fingerprint density at radius 3 is 2.53 bits per heavy atom. The summed E-state index contributed by atoms with van der Waals surface area (Å²) in [5.41, 5.74) is 9.35. The van der Waals surface area contributed by atoms with Gasteiger partial charge >= 0.3 is 0 Å². The summed E-state index contributed by atoms with van der Waals surface area (Å²) in [6.45, 7) is 7.18. The Kier molecular flexibility index (Phi) is 4.64. The van der Waals surface area contributed by atoms with Gasteiger partial charge in [0.25, 0.3) is 0 Å². The molecule has 2 N–H and O–H groups in total. The lowest BCUT2D eigenvalue weighted by Gasteiger charge is -2.41. The molecule has 1 aliphatic rings. The van der Waals surface area contributed by atoms with Crippen LogP contribution in [0.2, 0.25) is 0 Å². The maximum Gasteiger partial charge on any atom is 0.0827 e. The number of hydrogen-bond donors (Lipinski definition) is 1.